The van der Waals surface area contributed by atoms with Crippen molar-refractivity contribution in [2.45, 2.75) is 13.3 Å². The van der Waals surface area contributed by atoms with Crippen molar-refractivity contribution in [2.75, 3.05) is 10.6 Å². The molecule has 0 unspecified atom stereocenters. The van der Waals surface area contributed by atoms with Crippen molar-refractivity contribution in [3.63, 3.8) is 0 Å². The lowest BCUT2D eigenvalue weighted by atomic mass is 10.1. The van der Waals surface area contributed by atoms with Gasteiger partial charge in [-0.05, 0) is 36.2 Å². The molecular formula is C20H17F2N3O. The molecule has 0 fully saturated rings. The van der Waals surface area contributed by atoms with Gasteiger partial charge in [-0.15, -0.1) is 0 Å². The van der Waals surface area contributed by atoms with Crippen molar-refractivity contribution >= 4 is 23.0 Å². The van der Waals surface area contributed by atoms with Crippen LogP contribution in [0.2, 0.25) is 0 Å². The van der Waals surface area contributed by atoms with Crippen LogP contribution in [0, 0.1) is 11.6 Å². The second kappa shape index (κ2) is 7.74. The summed E-state index contributed by atoms with van der Waals surface area (Å²) in [7, 11) is 0. The SMILES string of the molecule is CCc1ccccc1NC(=O)c1cncc(Nc2ccc(F)c(F)c2)c1. The fourth-order valence-electron chi connectivity index (χ4n) is 2.52. The first-order chi connectivity index (χ1) is 12.6. The Hall–Kier alpha value is -3.28. The minimum Gasteiger partial charge on any atom is -0.354 e. The molecule has 0 aliphatic heterocycles. The number of nitrogens with one attached hydrogen (secondary N) is 2. The molecule has 0 aliphatic carbocycles. The minimum atomic E-state index is -0.951. The zero-order chi connectivity index (χ0) is 18.5. The summed E-state index contributed by atoms with van der Waals surface area (Å²) in [6, 6.07) is 12.6. The Morgan fingerprint density at radius 2 is 1.81 bits per heavy atom. The fourth-order valence-corrected chi connectivity index (χ4v) is 2.52. The zero-order valence-corrected chi connectivity index (χ0v) is 14.1. The van der Waals surface area contributed by atoms with E-state index in [1.54, 1.807) is 6.07 Å². The number of aryl methyl sites for hydroxylation is 1. The van der Waals surface area contributed by atoms with Crippen LogP contribution in [0.3, 0.4) is 0 Å². The highest BCUT2D eigenvalue weighted by Crippen LogP contribution is 2.20. The van der Waals surface area contributed by atoms with Gasteiger partial charge in [0.15, 0.2) is 11.6 Å². The number of pyridine rings is 1. The molecule has 0 bridgehead atoms. The summed E-state index contributed by atoms with van der Waals surface area (Å²) in [6.45, 7) is 2.01. The molecule has 1 heterocycles. The molecule has 26 heavy (non-hydrogen) atoms. The van der Waals surface area contributed by atoms with E-state index in [1.165, 1.54) is 18.5 Å². The predicted molar refractivity (Wildman–Crippen MR) is 97.7 cm³/mol. The van der Waals surface area contributed by atoms with Crippen LogP contribution in [-0.2, 0) is 6.42 Å². The maximum atomic E-state index is 13.3. The predicted octanol–water partition coefficient (Wildman–Crippen LogP) is 4.92. The largest absolute Gasteiger partial charge is 0.354 e. The number of carbonyl (C=O) groups excluding carboxylic acids is 1. The minimum absolute atomic E-state index is 0.299. The zero-order valence-electron chi connectivity index (χ0n) is 14.1. The molecule has 4 nitrogen and oxygen atoms in total. The van der Waals surface area contributed by atoms with E-state index >= 15 is 0 Å². The van der Waals surface area contributed by atoms with Crippen molar-refractivity contribution in [1.82, 2.24) is 4.98 Å². The lowest BCUT2D eigenvalue weighted by Crippen LogP contribution is -2.13. The standard InChI is InChI=1S/C20H17F2N3O/c1-2-13-5-3-4-6-19(13)25-20(26)14-9-16(12-23-11-14)24-15-7-8-17(21)18(22)10-15/h3-12,24H,2H2,1H3,(H,25,26). The number of carbonyl (C=O) groups is 1. The smallest absolute Gasteiger partial charge is 0.257 e. The number of para-hydroxylation sites is 1. The monoisotopic (exact) mass is 353 g/mol. The first-order valence-electron chi connectivity index (χ1n) is 8.13. The van der Waals surface area contributed by atoms with Gasteiger partial charge in [0.25, 0.3) is 5.91 Å². The molecule has 3 aromatic rings. The third-order valence-corrected chi connectivity index (χ3v) is 3.86. The Labute approximate surface area is 149 Å². The summed E-state index contributed by atoms with van der Waals surface area (Å²) in [5, 5.41) is 5.77. The van der Waals surface area contributed by atoms with Crippen LogP contribution in [0.25, 0.3) is 0 Å². The van der Waals surface area contributed by atoms with E-state index in [1.807, 2.05) is 31.2 Å². The first-order valence-corrected chi connectivity index (χ1v) is 8.13. The van der Waals surface area contributed by atoms with Crippen molar-refractivity contribution in [2.24, 2.45) is 0 Å². The summed E-state index contributed by atoms with van der Waals surface area (Å²) in [5.74, 6) is -2.17. The average molecular weight is 353 g/mol. The summed E-state index contributed by atoms with van der Waals surface area (Å²) >= 11 is 0. The topological polar surface area (TPSA) is 54.0 Å². The molecule has 1 amide bonds. The Morgan fingerprint density at radius 1 is 1.00 bits per heavy atom. The van der Waals surface area contributed by atoms with Crippen LogP contribution in [0.1, 0.15) is 22.8 Å². The number of halogens is 2. The van der Waals surface area contributed by atoms with Gasteiger partial charge in [-0.1, -0.05) is 25.1 Å². The fraction of sp³-hybridized carbons (Fsp3) is 0.100. The van der Waals surface area contributed by atoms with Crippen molar-refractivity contribution in [3.05, 3.63) is 83.7 Å². The van der Waals surface area contributed by atoms with Crippen LogP contribution >= 0.6 is 0 Å². The number of nitrogens with zero attached hydrogens (tertiary/aromatic N) is 1. The van der Waals surface area contributed by atoms with E-state index < -0.39 is 11.6 Å². The molecule has 0 saturated carbocycles. The molecule has 1 aromatic heterocycles. The number of amides is 1. The van der Waals surface area contributed by atoms with E-state index in [4.69, 9.17) is 0 Å². The molecule has 0 saturated heterocycles. The van der Waals surface area contributed by atoms with Crippen LogP contribution in [0.4, 0.5) is 25.8 Å². The van der Waals surface area contributed by atoms with Gasteiger partial charge >= 0.3 is 0 Å². The van der Waals surface area contributed by atoms with Gasteiger partial charge in [-0.3, -0.25) is 9.78 Å². The second-order valence-corrected chi connectivity index (χ2v) is 5.68. The van der Waals surface area contributed by atoms with Gasteiger partial charge < -0.3 is 10.6 Å². The molecule has 0 atom stereocenters. The van der Waals surface area contributed by atoms with Crippen molar-refractivity contribution in [1.29, 1.82) is 0 Å². The summed E-state index contributed by atoms with van der Waals surface area (Å²) in [4.78, 5) is 16.5. The summed E-state index contributed by atoms with van der Waals surface area (Å²) < 4.78 is 26.3. The molecule has 132 valence electrons. The highest BCUT2D eigenvalue weighted by atomic mass is 19.2. The Balaban J connectivity index is 1.78. The maximum Gasteiger partial charge on any atom is 0.257 e. The van der Waals surface area contributed by atoms with E-state index in [-0.39, 0.29) is 5.91 Å². The van der Waals surface area contributed by atoms with Crippen LogP contribution in [0.5, 0.6) is 0 Å². The maximum absolute atomic E-state index is 13.3. The molecular weight excluding hydrogens is 336 g/mol. The molecule has 0 aliphatic rings. The molecule has 2 N–H and O–H groups in total. The molecule has 0 radical (unpaired) electrons. The van der Waals surface area contributed by atoms with Crippen molar-refractivity contribution < 1.29 is 13.6 Å². The number of anilines is 3. The highest BCUT2D eigenvalue weighted by molar-refractivity contribution is 6.05. The van der Waals surface area contributed by atoms with E-state index in [9.17, 15) is 13.6 Å². The number of benzene rings is 2. The third kappa shape index (κ3) is 4.03. The van der Waals surface area contributed by atoms with E-state index in [0.29, 0.717) is 16.9 Å². The van der Waals surface area contributed by atoms with E-state index in [0.717, 1.165) is 29.8 Å². The van der Waals surface area contributed by atoms with Gasteiger partial charge in [-0.2, -0.15) is 0 Å². The van der Waals surface area contributed by atoms with Gasteiger partial charge in [0.2, 0.25) is 0 Å². The average Bonchev–Trinajstić information content (AvgIpc) is 2.65. The number of hydrogen-bond acceptors (Lipinski definition) is 3. The van der Waals surface area contributed by atoms with Gasteiger partial charge in [0, 0.05) is 23.6 Å². The quantitative estimate of drug-likeness (QED) is 0.685. The Morgan fingerprint density at radius 3 is 2.58 bits per heavy atom. The summed E-state index contributed by atoms with van der Waals surface area (Å²) in [5.41, 5.74) is 2.99. The lowest BCUT2D eigenvalue weighted by molar-refractivity contribution is 0.102. The second-order valence-electron chi connectivity index (χ2n) is 5.68. The number of hydrogen-bond donors (Lipinski definition) is 2. The normalized spacial score (nSPS) is 10.4. The third-order valence-electron chi connectivity index (χ3n) is 3.86. The Bertz CT molecular complexity index is 944. The van der Waals surface area contributed by atoms with Crippen molar-refractivity contribution in [3.8, 4) is 0 Å². The highest BCUT2D eigenvalue weighted by Gasteiger charge is 2.10. The van der Waals surface area contributed by atoms with Gasteiger partial charge in [0.1, 0.15) is 0 Å². The van der Waals surface area contributed by atoms with Gasteiger partial charge in [-0.25, -0.2) is 8.78 Å². The lowest BCUT2D eigenvalue weighted by Gasteiger charge is -2.11. The molecule has 0 spiro atoms. The van der Waals surface area contributed by atoms with Gasteiger partial charge in [0.05, 0.1) is 17.4 Å². The van der Waals surface area contributed by atoms with Crippen LogP contribution in [-0.4, -0.2) is 10.9 Å². The van der Waals surface area contributed by atoms with Crippen LogP contribution < -0.4 is 10.6 Å². The van der Waals surface area contributed by atoms with Crippen LogP contribution in [0.15, 0.2) is 60.9 Å². The first kappa shape index (κ1) is 17.5. The molecule has 2 aromatic carbocycles. The number of rotatable bonds is 5. The molecule has 3 rings (SSSR count). The number of aromatic nitrogens is 1. The summed E-state index contributed by atoms with van der Waals surface area (Å²) in [6.07, 6.45) is 3.74. The Kier molecular flexibility index (Phi) is 5.22. The van der Waals surface area contributed by atoms with E-state index in [2.05, 4.69) is 15.6 Å². The molecule has 6 heteroatoms.